The van der Waals surface area contributed by atoms with E-state index < -0.39 is 0 Å². The highest BCUT2D eigenvalue weighted by atomic mass is 16.7. The quantitative estimate of drug-likeness (QED) is 0.794. The molecule has 1 amide bonds. The Kier molecular flexibility index (Phi) is 3.59. The Morgan fingerprint density at radius 1 is 1.17 bits per heavy atom. The van der Waals surface area contributed by atoms with Gasteiger partial charge in [-0.1, -0.05) is 18.2 Å². The molecule has 1 aliphatic heterocycles. The number of nitrogens with one attached hydrogen (secondary N) is 1. The van der Waals surface area contributed by atoms with Crippen molar-refractivity contribution >= 4 is 22.4 Å². The second-order valence-corrected chi connectivity index (χ2v) is 5.14. The zero-order valence-corrected chi connectivity index (χ0v) is 12.6. The lowest BCUT2D eigenvalue weighted by Gasteiger charge is -2.08. The molecule has 0 spiro atoms. The Hall–Kier alpha value is -3.35. The molecule has 3 aromatic rings. The highest BCUT2D eigenvalue weighted by molar-refractivity contribution is 5.92. The van der Waals surface area contributed by atoms with Gasteiger partial charge < -0.3 is 19.5 Å². The van der Waals surface area contributed by atoms with Crippen LogP contribution in [0.25, 0.3) is 10.8 Å². The summed E-state index contributed by atoms with van der Waals surface area (Å²) in [5.41, 5.74) is 0.608. The van der Waals surface area contributed by atoms with Crippen LogP contribution in [0, 0.1) is 0 Å². The molecule has 7 nitrogen and oxygen atoms in total. The van der Waals surface area contributed by atoms with E-state index in [1.165, 1.54) is 0 Å². The first-order valence-corrected chi connectivity index (χ1v) is 7.32. The summed E-state index contributed by atoms with van der Waals surface area (Å²) < 4.78 is 16.0. The van der Waals surface area contributed by atoms with Gasteiger partial charge >= 0.3 is 0 Å². The number of carbonyl (C=O) groups excluding carboxylic acids is 1. The first-order valence-electron chi connectivity index (χ1n) is 7.32. The highest BCUT2D eigenvalue weighted by Gasteiger charge is 2.14. The third-order valence-corrected chi connectivity index (χ3v) is 3.53. The highest BCUT2D eigenvalue weighted by Crippen LogP contribution is 2.34. The summed E-state index contributed by atoms with van der Waals surface area (Å²) in [5.74, 6) is 1.29. The molecule has 7 heteroatoms. The van der Waals surface area contributed by atoms with Crippen LogP contribution in [0.2, 0.25) is 0 Å². The number of ether oxygens (including phenoxy) is 3. The molecule has 0 radical (unpaired) electrons. The second kappa shape index (κ2) is 6.04. The van der Waals surface area contributed by atoms with Gasteiger partial charge in [0.1, 0.15) is 0 Å². The van der Waals surface area contributed by atoms with E-state index in [4.69, 9.17) is 14.2 Å². The van der Waals surface area contributed by atoms with Crippen molar-refractivity contribution in [2.45, 2.75) is 0 Å². The van der Waals surface area contributed by atoms with Crippen LogP contribution in [-0.2, 0) is 4.79 Å². The van der Waals surface area contributed by atoms with Crippen molar-refractivity contribution in [3.63, 3.8) is 0 Å². The molecule has 1 aliphatic rings. The van der Waals surface area contributed by atoms with E-state index in [-0.39, 0.29) is 19.3 Å². The predicted molar refractivity (Wildman–Crippen MR) is 86.2 cm³/mol. The van der Waals surface area contributed by atoms with Crippen molar-refractivity contribution in [1.82, 2.24) is 10.2 Å². The van der Waals surface area contributed by atoms with Gasteiger partial charge in [0.15, 0.2) is 18.1 Å². The number of aromatic nitrogens is 2. The standard InChI is InChI=1S/C17H13N3O4/c21-16(19-12-5-6-14-15(7-12)24-10-23-14)9-22-17-13-4-2-1-3-11(13)8-18-20-17/h1-8H,9-10H2,(H,19,21). The van der Waals surface area contributed by atoms with Crippen LogP contribution in [0.5, 0.6) is 17.4 Å². The van der Waals surface area contributed by atoms with Crippen LogP contribution in [0.15, 0.2) is 48.7 Å². The summed E-state index contributed by atoms with van der Waals surface area (Å²) in [5, 5.41) is 12.3. The lowest BCUT2D eigenvalue weighted by Crippen LogP contribution is -2.20. The maximum atomic E-state index is 12.1. The summed E-state index contributed by atoms with van der Waals surface area (Å²) in [6.07, 6.45) is 1.65. The number of carbonyl (C=O) groups is 1. The normalized spacial score (nSPS) is 12.2. The molecule has 1 aromatic heterocycles. The van der Waals surface area contributed by atoms with Crippen LogP contribution >= 0.6 is 0 Å². The molecular weight excluding hydrogens is 310 g/mol. The van der Waals surface area contributed by atoms with Crippen LogP contribution in [-0.4, -0.2) is 29.5 Å². The molecule has 24 heavy (non-hydrogen) atoms. The number of hydrogen-bond donors (Lipinski definition) is 1. The van der Waals surface area contributed by atoms with Crippen molar-refractivity contribution in [1.29, 1.82) is 0 Å². The lowest BCUT2D eigenvalue weighted by atomic mass is 10.2. The van der Waals surface area contributed by atoms with Crippen molar-refractivity contribution in [2.75, 3.05) is 18.7 Å². The van der Waals surface area contributed by atoms with Gasteiger partial charge in [0.25, 0.3) is 5.91 Å². The zero-order valence-electron chi connectivity index (χ0n) is 12.6. The Bertz CT molecular complexity index is 908. The van der Waals surface area contributed by atoms with Crippen molar-refractivity contribution < 1.29 is 19.0 Å². The first-order chi connectivity index (χ1) is 11.8. The summed E-state index contributed by atoms with van der Waals surface area (Å²) in [6, 6.07) is 12.7. The number of anilines is 1. The van der Waals surface area contributed by atoms with Crippen LogP contribution in [0.4, 0.5) is 5.69 Å². The van der Waals surface area contributed by atoms with Crippen molar-refractivity contribution in [3.8, 4) is 17.4 Å². The fourth-order valence-electron chi connectivity index (χ4n) is 2.41. The molecule has 0 unspecified atom stereocenters. The average molecular weight is 323 g/mol. The fourth-order valence-corrected chi connectivity index (χ4v) is 2.41. The molecule has 0 atom stereocenters. The van der Waals surface area contributed by atoms with Gasteiger partial charge in [0, 0.05) is 22.5 Å². The molecule has 0 bridgehead atoms. The van der Waals surface area contributed by atoms with E-state index in [0.717, 1.165) is 10.8 Å². The second-order valence-electron chi connectivity index (χ2n) is 5.14. The molecule has 2 aromatic carbocycles. The number of hydrogen-bond acceptors (Lipinski definition) is 6. The van der Waals surface area contributed by atoms with Gasteiger partial charge in [-0.15, -0.1) is 5.10 Å². The van der Waals surface area contributed by atoms with Gasteiger partial charge in [-0.05, 0) is 18.2 Å². The lowest BCUT2D eigenvalue weighted by molar-refractivity contribution is -0.118. The smallest absolute Gasteiger partial charge is 0.262 e. The molecular formula is C17H13N3O4. The Balaban J connectivity index is 1.43. The maximum Gasteiger partial charge on any atom is 0.262 e. The van der Waals surface area contributed by atoms with E-state index in [0.29, 0.717) is 23.1 Å². The van der Waals surface area contributed by atoms with Gasteiger partial charge in [0.05, 0.1) is 6.20 Å². The third-order valence-electron chi connectivity index (χ3n) is 3.53. The Morgan fingerprint density at radius 2 is 2.04 bits per heavy atom. The van der Waals surface area contributed by atoms with E-state index in [1.807, 2.05) is 24.3 Å². The molecule has 120 valence electrons. The average Bonchev–Trinajstić information content (AvgIpc) is 3.07. The zero-order chi connectivity index (χ0) is 16.4. The summed E-state index contributed by atoms with van der Waals surface area (Å²) in [6.45, 7) is 0.0206. The van der Waals surface area contributed by atoms with Crippen LogP contribution in [0.1, 0.15) is 0 Å². The molecule has 0 saturated heterocycles. The van der Waals surface area contributed by atoms with E-state index in [1.54, 1.807) is 24.4 Å². The minimum Gasteiger partial charge on any atom is -0.466 e. The van der Waals surface area contributed by atoms with Crippen molar-refractivity contribution in [2.24, 2.45) is 0 Å². The number of rotatable bonds is 4. The van der Waals surface area contributed by atoms with Gasteiger partial charge in [-0.3, -0.25) is 4.79 Å². The number of fused-ring (bicyclic) bond motifs is 2. The van der Waals surface area contributed by atoms with E-state index in [9.17, 15) is 4.79 Å². The number of nitrogens with zero attached hydrogens (tertiary/aromatic N) is 2. The third kappa shape index (κ3) is 2.79. The molecule has 0 aliphatic carbocycles. The molecule has 0 saturated carbocycles. The fraction of sp³-hybridized carbons (Fsp3) is 0.118. The van der Waals surface area contributed by atoms with E-state index in [2.05, 4.69) is 15.5 Å². The van der Waals surface area contributed by atoms with Gasteiger partial charge in [0.2, 0.25) is 12.7 Å². The molecule has 2 heterocycles. The predicted octanol–water partition coefficient (Wildman–Crippen LogP) is 2.38. The minimum atomic E-state index is -0.302. The summed E-state index contributed by atoms with van der Waals surface area (Å²) in [4.78, 5) is 12.1. The summed E-state index contributed by atoms with van der Waals surface area (Å²) >= 11 is 0. The van der Waals surface area contributed by atoms with Crippen LogP contribution in [0.3, 0.4) is 0 Å². The van der Waals surface area contributed by atoms with Crippen LogP contribution < -0.4 is 19.5 Å². The minimum absolute atomic E-state index is 0.170. The molecule has 4 rings (SSSR count). The summed E-state index contributed by atoms with van der Waals surface area (Å²) in [7, 11) is 0. The maximum absolute atomic E-state index is 12.1. The van der Waals surface area contributed by atoms with Crippen molar-refractivity contribution in [3.05, 3.63) is 48.7 Å². The SMILES string of the molecule is O=C(COc1nncc2ccccc12)Nc1ccc2c(c1)OCO2. The van der Waals surface area contributed by atoms with E-state index >= 15 is 0 Å². The number of benzene rings is 2. The first kappa shape index (κ1) is 14.3. The monoisotopic (exact) mass is 323 g/mol. The van der Waals surface area contributed by atoms with Gasteiger partial charge in [-0.25, -0.2) is 0 Å². The largest absolute Gasteiger partial charge is 0.466 e. The molecule has 1 N–H and O–H groups in total. The van der Waals surface area contributed by atoms with Gasteiger partial charge in [-0.2, -0.15) is 5.10 Å². The molecule has 0 fully saturated rings. The Labute approximate surface area is 137 Å². The number of amides is 1. The topological polar surface area (TPSA) is 82.6 Å². The Morgan fingerprint density at radius 3 is 3.00 bits per heavy atom.